The van der Waals surface area contributed by atoms with E-state index in [0.29, 0.717) is 23.0 Å². The lowest BCUT2D eigenvalue weighted by Gasteiger charge is -2.09. The third-order valence-electron chi connectivity index (χ3n) is 3.81. The first kappa shape index (κ1) is 20.0. The number of rotatable bonds is 7. The first-order valence-corrected chi connectivity index (χ1v) is 8.72. The molecule has 0 atom stereocenters. The molecule has 1 heterocycles. The number of carbonyl (C=O) groups is 2. The van der Waals surface area contributed by atoms with Gasteiger partial charge in [0, 0.05) is 5.56 Å². The number of halogens is 1. The number of pyridine rings is 1. The summed E-state index contributed by atoms with van der Waals surface area (Å²) in [7, 11) is 0. The van der Waals surface area contributed by atoms with Crippen LogP contribution in [0.2, 0.25) is 0 Å². The van der Waals surface area contributed by atoms with Gasteiger partial charge >= 0.3 is 0 Å². The van der Waals surface area contributed by atoms with Crippen LogP contribution in [-0.2, 0) is 9.59 Å². The molecule has 2 aromatic carbocycles. The fourth-order valence-electron chi connectivity index (χ4n) is 2.42. The largest absolute Gasteiger partial charge is 0.457 e. The van der Waals surface area contributed by atoms with Crippen molar-refractivity contribution < 1.29 is 23.8 Å². The number of nitrogens with zero attached hydrogens (tertiary/aromatic N) is 1. The van der Waals surface area contributed by atoms with Crippen LogP contribution in [0.4, 0.5) is 10.2 Å². The Kier molecular flexibility index (Phi) is 6.49. The standard InChI is InChI=1S/C21H18FN3O4/c22-15-6-10-17(11-7-15)29-16-8-4-14(5-9-16)18-2-1-3-19(24-18)25-20(27)12-23-21(28)13-26/h1-11,26H,12-13H2,(H,23,28)(H,24,25,27). The molecule has 1 aromatic heterocycles. The van der Waals surface area contributed by atoms with E-state index in [1.54, 1.807) is 42.5 Å². The summed E-state index contributed by atoms with van der Waals surface area (Å²) in [5.41, 5.74) is 1.44. The number of aromatic nitrogens is 1. The minimum atomic E-state index is -0.679. The van der Waals surface area contributed by atoms with E-state index >= 15 is 0 Å². The number of ether oxygens (including phenoxy) is 1. The van der Waals surface area contributed by atoms with Gasteiger partial charge in [0.05, 0.1) is 12.2 Å². The van der Waals surface area contributed by atoms with E-state index in [1.165, 1.54) is 12.1 Å². The van der Waals surface area contributed by atoms with Gasteiger partial charge in [-0.25, -0.2) is 9.37 Å². The van der Waals surface area contributed by atoms with Crippen LogP contribution < -0.4 is 15.4 Å². The quantitative estimate of drug-likeness (QED) is 0.571. The predicted octanol–water partition coefficient (Wildman–Crippen LogP) is 2.73. The van der Waals surface area contributed by atoms with Crippen LogP contribution in [0, 0.1) is 5.82 Å². The molecule has 7 nitrogen and oxygen atoms in total. The van der Waals surface area contributed by atoms with E-state index in [4.69, 9.17) is 9.84 Å². The average Bonchev–Trinajstić information content (AvgIpc) is 2.74. The van der Waals surface area contributed by atoms with Crippen molar-refractivity contribution in [3.05, 3.63) is 72.5 Å². The molecule has 0 saturated carbocycles. The summed E-state index contributed by atoms with van der Waals surface area (Å²) in [4.78, 5) is 27.2. The number of aliphatic hydroxyl groups is 1. The van der Waals surface area contributed by atoms with Crippen molar-refractivity contribution >= 4 is 17.6 Å². The molecule has 2 amide bonds. The molecule has 0 spiro atoms. The molecule has 3 aromatic rings. The summed E-state index contributed by atoms with van der Waals surface area (Å²) in [5.74, 6) is 0.0166. The highest BCUT2D eigenvalue weighted by atomic mass is 19.1. The molecule has 0 saturated heterocycles. The Hall–Kier alpha value is -3.78. The first-order chi connectivity index (χ1) is 14.0. The Morgan fingerprint density at radius 3 is 2.24 bits per heavy atom. The Morgan fingerprint density at radius 2 is 1.59 bits per heavy atom. The van der Waals surface area contributed by atoms with E-state index in [-0.39, 0.29) is 12.4 Å². The number of anilines is 1. The maximum Gasteiger partial charge on any atom is 0.246 e. The molecule has 148 valence electrons. The summed E-state index contributed by atoms with van der Waals surface area (Å²) >= 11 is 0. The van der Waals surface area contributed by atoms with E-state index in [2.05, 4.69) is 15.6 Å². The number of aliphatic hydroxyl groups excluding tert-OH is 1. The third-order valence-corrected chi connectivity index (χ3v) is 3.81. The molecule has 0 aliphatic rings. The van der Waals surface area contributed by atoms with Crippen molar-refractivity contribution in [2.45, 2.75) is 0 Å². The normalized spacial score (nSPS) is 10.3. The smallest absolute Gasteiger partial charge is 0.246 e. The van der Waals surface area contributed by atoms with E-state index in [0.717, 1.165) is 5.56 Å². The van der Waals surface area contributed by atoms with Crippen LogP contribution in [0.15, 0.2) is 66.7 Å². The van der Waals surface area contributed by atoms with Crippen LogP contribution in [0.3, 0.4) is 0 Å². The van der Waals surface area contributed by atoms with Crippen LogP contribution >= 0.6 is 0 Å². The Labute approximate surface area is 166 Å². The van der Waals surface area contributed by atoms with E-state index < -0.39 is 18.4 Å². The van der Waals surface area contributed by atoms with Gasteiger partial charge in [-0.1, -0.05) is 6.07 Å². The summed E-state index contributed by atoms with van der Waals surface area (Å²) in [6.07, 6.45) is 0. The molecular weight excluding hydrogens is 377 g/mol. The summed E-state index contributed by atoms with van der Waals surface area (Å²) in [5, 5.41) is 13.5. The zero-order valence-electron chi connectivity index (χ0n) is 15.3. The second-order valence-electron chi connectivity index (χ2n) is 5.97. The summed E-state index contributed by atoms with van der Waals surface area (Å²) in [6, 6.07) is 18.0. The fraction of sp³-hybridized carbons (Fsp3) is 0.0952. The third kappa shape index (κ3) is 5.85. The van der Waals surface area contributed by atoms with Gasteiger partial charge in [-0.2, -0.15) is 0 Å². The SMILES string of the molecule is O=C(CO)NCC(=O)Nc1cccc(-c2ccc(Oc3ccc(F)cc3)cc2)n1. The van der Waals surface area contributed by atoms with Crippen LogP contribution in [0.1, 0.15) is 0 Å². The van der Waals surface area contributed by atoms with Crippen LogP contribution in [-0.4, -0.2) is 35.1 Å². The molecule has 3 rings (SSSR count). The maximum absolute atomic E-state index is 13.0. The van der Waals surface area contributed by atoms with Crippen molar-refractivity contribution in [3.63, 3.8) is 0 Å². The lowest BCUT2D eigenvalue weighted by Crippen LogP contribution is -2.34. The molecule has 0 aliphatic heterocycles. The van der Waals surface area contributed by atoms with E-state index in [9.17, 15) is 14.0 Å². The van der Waals surface area contributed by atoms with Gasteiger partial charge in [-0.3, -0.25) is 9.59 Å². The number of benzene rings is 2. The van der Waals surface area contributed by atoms with Crippen molar-refractivity contribution in [1.29, 1.82) is 0 Å². The number of amides is 2. The highest BCUT2D eigenvalue weighted by molar-refractivity contribution is 5.94. The average molecular weight is 395 g/mol. The molecule has 3 N–H and O–H groups in total. The van der Waals surface area contributed by atoms with Crippen LogP contribution in [0.5, 0.6) is 11.5 Å². The molecule has 8 heteroatoms. The van der Waals surface area contributed by atoms with Crippen molar-refractivity contribution in [1.82, 2.24) is 10.3 Å². The molecule has 0 aliphatic carbocycles. The van der Waals surface area contributed by atoms with Gasteiger partial charge in [0.1, 0.15) is 29.7 Å². The van der Waals surface area contributed by atoms with Crippen molar-refractivity contribution in [3.8, 4) is 22.8 Å². The summed E-state index contributed by atoms with van der Waals surface area (Å²) in [6.45, 7) is -0.942. The lowest BCUT2D eigenvalue weighted by molar-refractivity contribution is -0.126. The first-order valence-electron chi connectivity index (χ1n) is 8.72. The summed E-state index contributed by atoms with van der Waals surface area (Å²) < 4.78 is 18.6. The lowest BCUT2D eigenvalue weighted by atomic mass is 10.1. The zero-order valence-corrected chi connectivity index (χ0v) is 15.3. The highest BCUT2D eigenvalue weighted by Crippen LogP contribution is 2.25. The number of hydrogen-bond acceptors (Lipinski definition) is 5. The predicted molar refractivity (Wildman–Crippen MR) is 105 cm³/mol. The van der Waals surface area contributed by atoms with Crippen LogP contribution in [0.25, 0.3) is 11.3 Å². The van der Waals surface area contributed by atoms with Gasteiger partial charge in [-0.15, -0.1) is 0 Å². The highest BCUT2D eigenvalue weighted by Gasteiger charge is 2.07. The number of carbonyl (C=O) groups excluding carboxylic acids is 2. The van der Waals surface area contributed by atoms with Crippen molar-refractivity contribution in [2.24, 2.45) is 0 Å². The van der Waals surface area contributed by atoms with E-state index in [1.807, 2.05) is 12.1 Å². The maximum atomic E-state index is 13.0. The molecule has 0 bridgehead atoms. The van der Waals surface area contributed by atoms with Crippen molar-refractivity contribution in [2.75, 3.05) is 18.5 Å². The molecule has 0 unspecified atom stereocenters. The Balaban J connectivity index is 1.64. The van der Waals surface area contributed by atoms with Gasteiger partial charge in [-0.05, 0) is 60.7 Å². The zero-order chi connectivity index (χ0) is 20.6. The Bertz CT molecular complexity index is 992. The number of hydrogen-bond donors (Lipinski definition) is 3. The molecular formula is C21H18FN3O4. The van der Waals surface area contributed by atoms with Gasteiger partial charge in [0.2, 0.25) is 11.8 Å². The molecule has 0 radical (unpaired) electrons. The van der Waals surface area contributed by atoms with Gasteiger partial charge < -0.3 is 20.5 Å². The minimum absolute atomic E-state index is 0.263. The minimum Gasteiger partial charge on any atom is -0.457 e. The second kappa shape index (κ2) is 9.43. The molecule has 0 fully saturated rings. The van der Waals surface area contributed by atoms with Gasteiger partial charge in [0.25, 0.3) is 0 Å². The monoisotopic (exact) mass is 395 g/mol. The Morgan fingerprint density at radius 1 is 0.931 bits per heavy atom. The topological polar surface area (TPSA) is 101 Å². The second-order valence-corrected chi connectivity index (χ2v) is 5.97. The number of nitrogens with one attached hydrogen (secondary N) is 2. The molecule has 29 heavy (non-hydrogen) atoms. The van der Waals surface area contributed by atoms with Gasteiger partial charge in [0.15, 0.2) is 0 Å². The fourth-order valence-corrected chi connectivity index (χ4v) is 2.42.